The highest BCUT2D eigenvalue weighted by Gasteiger charge is 2.22. The van der Waals surface area contributed by atoms with Gasteiger partial charge in [0.25, 0.3) is 11.5 Å². The molecule has 0 aliphatic rings. The standard InChI is InChI=1S/C16H19N3O5/c1-8-11(13(21)19-15(18-8)16(2,3)4)12(20)17-7-9-5-6-10(24-9)14(22)23/h5-6H,7H2,1-4H3,(H,17,20)(H,22,23)(H,18,19,21). The van der Waals surface area contributed by atoms with Gasteiger partial charge in [-0.25, -0.2) is 9.78 Å². The summed E-state index contributed by atoms with van der Waals surface area (Å²) in [5.74, 6) is -1.24. The lowest BCUT2D eigenvalue weighted by molar-refractivity contribution is 0.0660. The van der Waals surface area contributed by atoms with Crippen LogP contribution in [0.25, 0.3) is 0 Å². The summed E-state index contributed by atoms with van der Waals surface area (Å²) in [6.07, 6.45) is 0. The lowest BCUT2D eigenvalue weighted by atomic mass is 9.95. The molecular weight excluding hydrogens is 314 g/mol. The van der Waals surface area contributed by atoms with E-state index in [-0.39, 0.29) is 29.0 Å². The van der Waals surface area contributed by atoms with Crippen molar-refractivity contribution in [3.63, 3.8) is 0 Å². The molecule has 2 aromatic heterocycles. The molecule has 2 rings (SSSR count). The second-order valence-electron chi connectivity index (χ2n) is 6.38. The smallest absolute Gasteiger partial charge is 0.371 e. The highest BCUT2D eigenvalue weighted by atomic mass is 16.4. The van der Waals surface area contributed by atoms with Crippen LogP contribution in [0.2, 0.25) is 0 Å². The SMILES string of the molecule is Cc1nc(C(C)(C)C)[nH]c(=O)c1C(=O)NCc1ccc(C(=O)O)o1. The Kier molecular flexibility index (Phi) is 4.59. The largest absolute Gasteiger partial charge is 0.475 e. The van der Waals surface area contributed by atoms with Gasteiger partial charge in [0.2, 0.25) is 5.76 Å². The molecule has 2 aromatic rings. The normalized spacial score (nSPS) is 11.3. The highest BCUT2D eigenvalue weighted by Crippen LogP contribution is 2.17. The summed E-state index contributed by atoms with van der Waals surface area (Å²) in [5, 5.41) is 11.3. The molecule has 128 valence electrons. The Morgan fingerprint density at radius 3 is 2.50 bits per heavy atom. The first-order valence-corrected chi connectivity index (χ1v) is 7.31. The van der Waals surface area contributed by atoms with E-state index in [1.54, 1.807) is 6.92 Å². The number of furan rings is 1. The van der Waals surface area contributed by atoms with Gasteiger partial charge in [-0.1, -0.05) is 20.8 Å². The van der Waals surface area contributed by atoms with Crippen molar-refractivity contribution in [2.75, 3.05) is 0 Å². The van der Waals surface area contributed by atoms with Gasteiger partial charge >= 0.3 is 5.97 Å². The molecule has 0 aliphatic heterocycles. The predicted octanol–water partition coefficient (Wildman–Crippen LogP) is 1.60. The number of aromatic nitrogens is 2. The van der Waals surface area contributed by atoms with Crippen molar-refractivity contribution < 1.29 is 19.1 Å². The minimum Gasteiger partial charge on any atom is -0.475 e. The first kappa shape index (κ1) is 17.5. The van der Waals surface area contributed by atoms with Crippen molar-refractivity contribution in [3.05, 3.63) is 51.1 Å². The summed E-state index contributed by atoms with van der Waals surface area (Å²) in [6, 6.07) is 2.74. The molecule has 0 saturated heterocycles. The van der Waals surface area contributed by atoms with E-state index in [2.05, 4.69) is 15.3 Å². The maximum absolute atomic E-state index is 12.2. The van der Waals surface area contributed by atoms with Gasteiger partial charge in [0, 0.05) is 5.41 Å². The van der Waals surface area contributed by atoms with Crippen molar-refractivity contribution >= 4 is 11.9 Å². The summed E-state index contributed by atoms with van der Waals surface area (Å²) in [5.41, 5.74) is -0.615. The zero-order valence-electron chi connectivity index (χ0n) is 13.9. The Labute approximate surface area is 137 Å². The van der Waals surface area contributed by atoms with Crippen LogP contribution in [0.1, 0.15) is 59.0 Å². The maximum atomic E-state index is 12.2. The highest BCUT2D eigenvalue weighted by molar-refractivity contribution is 5.94. The number of aryl methyl sites for hydroxylation is 1. The number of carboxylic acid groups (broad SMARTS) is 1. The number of hydrogen-bond donors (Lipinski definition) is 3. The zero-order chi connectivity index (χ0) is 18.1. The van der Waals surface area contributed by atoms with Crippen LogP contribution in [0.3, 0.4) is 0 Å². The third kappa shape index (κ3) is 3.70. The second-order valence-corrected chi connectivity index (χ2v) is 6.38. The number of rotatable bonds is 4. The fourth-order valence-electron chi connectivity index (χ4n) is 2.05. The molecule has 2 heterocycles. The fraction of sp³-hybridized carbons (Fsp3) is 0.375. The van der Waals surface area contributed by atoms with E-state index < -0.39 is 17.4 Å². The molecule has 0 spiro atoms. The topological polar surface area (TPSA) is 125 Å². The Balaban J connectivity index is 2.18. The predicted molar refractivity (Wildman–Crippen MR) is 85.1 cm³/mol. The number of carboxylic acids is 1. The third-order valence-electron chi connectivity index (χ3n) is 3.33. The van der Waals surface area contributed by atoms with Crippen LogP contribution in [-0.2, 0) is 12.0 Å². The lowest BCUT2D eigenvalue weighted by Crippen LogP contribution is -2.33. The molecule has 0 unspecified atom stereocenters. The fourth-order valence-corrected chi connectivity index (χ4v) is 2.05. The molecule has 0 aliphatic carbocycles. The first-order valence-electron chi connectivity index (χ1n) is 7.31. The Hall–Kier alpha value is -2.90. The van der Waals surface area contributed by atoms with Crippen LogP contribution in [-0.4, -0.2) is 27.0 Å². The summed E-state index contributed by atoms with van der Waals surface area (Å²) in [6.45, 7) is 7.27. The number of aromatic amines is 1. The van der Waals surface area contributed by atoms with E-state index in [0.29, 0.717) is 11.5 Å². The summed E-state index contributed by atoms with van der Waals surface area (Å²) in [7, 11) is 0. The van der Waals surface area contributed by atoms with E-state index in [1.807, 2.05) is 20.8 Å². The minimum absolute atomic E-state index is 0.0357. The van der Waals surface area contributed by atoms with E-state index in [0.717, 1.165) is 0 Å². The molecule has 0 atom stereocenters. The molecule has 0 aromatic carbocycles. The van der Waals surface area contributed by atoms with Crippen molar-refractivity contribution in [1.29, 1.82) is 0 Å². The molecule has 1 amide bonds. The number of hydrogen-bond acceptors (Lipinski definition) is 5. The summed E-state index contributed by atoms with van der Waals surface area (Å²) in [4.78, 5) is 42.1. The molecule has 24 heavy (non-hydrogen) atoms. The van der Waals surface area contributed by atoms with Gasteiger partial charge in [0.15, 0.2) is 0 Å². The summed E-state index contributed by atoms with van der Waals surface area (Å²) < 4.78 is 5.04. The van der Waals surface area contributed by atoms with E-state index in [4.69, 9.17) is 9.52 Å². The average molecular weight is 333 g/mol. The van der Waals surface area contributed by atoms with Gasteiger partial charge in [-0.2, -0.15) is 0 Å². The molecule has 8 nitrogen and oxygen atoms in total. The number of H-pyrrole nitrogens is 1. The molecular formula is C16H19N3O5. The summed E-state index contributed by atoms with van der Waals surface area (Å²) >= 11 is 0. The van der Waals surface area contributed by atoms with Crippen LogP contribution >= 0.6 is 0 Å². The molecule has 0 fully saturated rings. The second kappa shape index (κ2) is 6.31. The van der Waals surface area contributed by atoms with Gasteiger partial charge in [-0.3, -0.25) is 9.59 Å². The van der Waals surface area contributed by atoms with Gasteiger partial charge < -0.3 is 19.8 Å². The van der Waals surface area contributed by atoms with E-state index in [1.165, 1.54) is 12.1 Å². The number of nitrogens with one attached hydrogen (secondary N) is 2. The Bertz CT molecular complexity index is 842. The molecule has 0 radical (unpaired) electrons. The number of nitrogens with zero attached hydrogens (tertiary/aromatic N) is 1. The number of carbonyl (C=O) groups is 2. The first-order chi connectivity index (χ1) is 11.1. The van der Waals surface area contributed by atoms with Crippen molar-refractivity contribution in [2.24, 2.45) is 0 Å². The van der Waals surface area contributed by atoms with Crippen LogP contribution in [0.5, 0.6) is 0 Å². The quantitative estimate of drug-likeness (QED) is 0.780. The van der Waals surface area contributed by atoms with Gasteiger partial charge in [0.1, 0.15) is 17.1 Å². The third-order valence-corrected chi connectivity index (χ3v) is 3.33. The zero-order valence-corrected chi connectivity index (χ0v) is 13.9. The van der Waals surface area contributed by atoms with Crippen LogP contribution in [0, 0.1) is 6.92 Å². The Morgan fingerprint density at radius 1 is 1.33 bits per heavy atom. The van der Waals surface area contributed by atoms with Crippen LogP contribution in [0.15, 0.2) is 21.3 Å². The minimum atomic E-state index is -1.19. The Morgan fingerprint density at radius 2 is 2.00 bits per heavy atom. The van der Waals surface area contributed by atoms with Crippen molar-refractivity contribution in [3.8, 4) is 0 Å². The maximum Gasteiger partial charge on any atom is 0.371 e. The number of carbonyl (C=O) groups excluding carboxylic acids is 1. The van der Waals surface area contributed by atoms with Gasteiger partial charge in [0.05, 0.1) is 12.2 Å². The monoisotopic (exact) mass is 333 g/mol. The van der Waals surface area contributed by atoms with Crippen LogP contribution in [0.4, 0.5) is 0 Å². The van der Waals surface area contributed by atoms with Gasteiger partial charge in [-0.05, 0) is 19.1 Å². The van der Waals surface area contributed by atoms with Gasteiger partial charge in [-0.15, -0.1) is 0 Å². The number of aromatic carboxylic acids is 1. The van der Waals surface area contributed by atoms with E-state index in [9.17, 15) is 14.4 Å². The molecule has 0 bridgehead atoms. The molecule has 3 N–H and O–H groups in total. The average Bonchev–Trinajstić information content (AvgIpc) is 2.92. The van der Waals surface area contributed by atoms with Crippen molar-refractivity contribution in [1.82, 2.24) is 15.3 Å². The lowest BCUT2D eigenvalue weighted by Gasteiger charge is -2.18. The van der Waals surface area contributed by atoms with E-state index >= 15 is 0 Å². The molecule has 8 heteroatoms. The van der Waals surface area contributed by atoms with Crippen LogP contribution < -0.4 is 10.9 Å². The molecule has 0 saturated carbocycles. The van der Waals surface area contributed by atoms with Crippen molar-refractivity contribution in [2.45, 2.75) is 39.7 Å². The number of amides is 1.